The molecule has 1 aliphatic rings. The Morgan fingerprint density at radius 3 is 2.67 bits per heavy atom. The lowest BCUT2D eigenvalue weighted by Crippen LogP contribution is -2.29. The van der Waals surface area contributed by atoms with Crippen LogP contribution in [0.2, 0.25) is 0 Å². The average molecular weight is 493 g/mol. The van der Waals surface area contributed by atoms with Gasteiger partial charge in [0.1, 0.15) is 12.4 Å². The van der Waals surface area contributed by atoms with E-state index >= 15 is 0 Å². The number of carbonyl (C=O) groups excluding carboxylic acids is 1. The van der Waals surface area contributed by atoms with Gasteiger partial charge >= 0.3 is 12.1 Å². The highest BCUT2D eigenvalue weighted by molar-refractivity contribution is 5.70. The number of benzene rings is 1. The number of aromatic nitrogens is 3. The van der Waals surface area contributed by atoms with Crippen molar-refractivity contribution in [2.75, 3.05) is 7.05 Å². The largest absolute Gasteiger partial charge is 0.489 e. The molecule has 0 saturated heterocycles. The van der Waals surface area contributed by atoms with Crippen LogP contribution in [-0.4, -0.2) is 50.0 Å². The van der Waals surface area contributed by atoms with Gasteiger partial charge in [-0.15, -0.1) is 0 Å². The SMILES string of the molecule is Cc1nc(-c2cnn(C)c2CN(C)C(=O)OCc2ccccc2)ccc1O[C@H]1CCCC(C(=O)O)C1. The maximum absolute atomic E-state index is 12.6. The molecule has 9 heteroatoms. The fourth-order valence-electron chi connectivity index (χ4n) is 4.46. The summed E-state index contributed by atoms with van der Waals surface area (Å²) < 4.78 is 13.3. The van der Waals surface area contributed by atoms with E-state index in [2.05, 4.69) is 5.10 Å². The molecule has 36 heavy (non-hydrogen) atoms. The molecule has 0 aliphatic heterocycles. The monoisotopic (exact) mass is 492 g/mol. The van der Waals surface area contributed by atoms with Crippen LogP contribution >= 0.6 is 0 Å². The van der Waals surface area contributed by atoms with Gasteiger partial charge in [0.25, 0.3) is 0 Å². The van der Waals surface area contributed by atoms with Crippen LogP contribution in [0.1, 0.15) is 42.6 Å². The van der Waals surface area contributed by atoms with Gasteiger partial charge in [0.15, 0.2) is 0 Å². The first-order valence-corrected chi connectivity index (χ1v) is 12.1. The van der Waals surface area contributed by atoms with Crippen LogP contribution in [0, 0.1) is 12.8 Å². The molecule has 1 amide bonds. The first-order valence-electron chi connectivity index (χ1n) is 12.1. The fraction of sp³-hybridized carbons (Fsp3) is 0.407. The number of amides is 1. The van der Waals surface area contributed by atoms with Crippen molar-refractivity contribution in [2.45, 2.75) is 51.9 Å². The third-order valence-corrected chi connectivity index (χ3v) is 6.55. The van der Waals surface area contributed by atoms with Crippen LogP contribution in [0.4, 0.5) is 4.79 Å². The summed E-state index contributed by atoms with van der Waals surface area (Å²) in [7, 11) is 3.52. The summed E-state index contributed by atoms with van der Waals surface area (Å²) in [5.41, 5.74) is 4.01. The number of carboxylic acids is 1. The van der Waals surface area contributed by atoms with Crippen molar-refractivity contribution in [1.82, 2.24) is 19.7 Å². The summed E-state index contributed by atoms with van der Waals surface area (Å²) >= 11 is 0. The summed E-state index contributed by atoms with van der Waals surface area (Å²) in [6.07, 6.45) is 4.07. The molecule has 190 valence electrons. The standard InChI is InChI=1S/C27H32N4O5/c1-18-25(36-21-11-7-10-20(14-21)26(32)33)13-12-23(29-18)22-15-28-31(3)24(22)16-30(2)27(34)35-17-19-8-5-4-6-9-19/h4-6,8-9,12-13,15,20-21H,7,10-11,14,16-17H2,1-3H3,(H,32,33)/t20?,21-/m0/s1. The highest BCUT2D eigenvalue weighted by atomic mass is 16.6. The van der Waals surface area contributed by atoms with E-state index in [0.717, 1.165) is 41.1 Å². The molecule has 1 unspecified atom stereocenters. The van der Waals surface area contributed by atoms with E-state index < -0.39 is 12.1 Å². The molecule has 1 saturated carbocycles. The third kappa shape index (κ3) is 6.02. The van der Waals surface area contributed by atoms with Crippen LogP contribution in [0.15, 0.2) is 48.7 Å². The van der Waals surface area contributed by atoms with Crippen LogP contribution < -0.4 is 4.74 Å². The molecule has 4 rings (SSSR count). The average Bonchev–Trinajstić information content (AvgIpc) is 3.24. The number of pyridine rings is 1. The van der Waals surface area contributed by atoms with Gasteiger partial charge in [0.2, 0.25) is 0 Å². The topological polar surface area (TPSA) is 107 Å². The van der Waals surface area contributed by atoms with Crippen molar-refractivity contribution in [3.8, 4) is 17.0 Å². The second kappa shape index (κ2) is 11.2. The van der Waals surface area contributed by atoms with Gasteiger partial charge in [0.05, 0.1) is 41.8 Å². The Labute approximate surface area is 210 Å². The number of hydrogen-bond acceptors (Lipinski definition) is 6. The molecule has 3 aromatic rings. The van der Waals surface area contributed by atoms with Crippen molar-refractivity contribution in [3.05, 3.63) is 65.6 Å². The lowest BCUT2D eigenvalue weighted by molar-refractivity contribution is -0.143. The van der Waals surface area contributed by atoms with Crippen molar-refractivity contribution < 1.29 is 24.2 Å². The second-order valence-corrected chi connectivity index (χ2v) is 9.25. The normalized spacial score (nSPS) is 17.4. The molecule has 2 heterocycles. The summed E-state index contributed by atoms with van der Waals surface area (Å²) in [5.74, 6) is -0.459. The Kier molecular flexibility index (Phi) is 7.87. The number of aryl methyl sites for hydroxylation is 2. The summed E-state index contributed by atoms with van der Waals surface area (Å²) in [6.45, 7) is 2.38. The molecule has 1 aliphatic carbocycles. The Morgan fingerprint density at radius 2 is 1.94 bits per heavy atom. The molecule has 0 bridgehead atoms. The lowest BCUT2D eigenvalue weighted by Gasteiger charge is -2.27. The van der Waals surface area contributed by atoms with Crippen molar-refractivity contribution >= 4 is 12.1 Å². The first kappa shape index (κ1) is 25.2. The minimum Gasteiger partial charge on any atom is -0.489 e. The van der Waals surface area contributed by atoms with E-state index in [1.54, 1.807) is 17.9 Å². The number of nitrogens with zero attached hydrogens (tertiary/aromatic N) is 4. The summed E-state index contributed by atoms with van der Waals surface area (Å²) in [6, 6.07) is 13.3. The molecule has 1 fully saturated rings. The molecule has 2 aromatic heterocycles. The van der Waals surface area contributed by atoms with Gasteiger partial charge in [-0.1, -0.05) is 30.3 Å². The summed E-state index contributed by atoms with van der Waals surface area (Å²) in [4.78, 5) is 30.2. The van der Waals surface area contributed by atoms with E-state index in [1.165, 1.54) is 4.90 Å². The number of carboxylic acid groups (broad SMARTS) is 1. The minimum absolute atomic E-state index is 0.129. The van der Waals surface area contributed by atoms with E-state index in [-0.39, 0.29) is 18.6 Å². The molecule has 1 N–H and O–H groups in total. The van der Waals surface area contributed by atoms with Crippen LogP contribution in [0.5, 0.6) is 5.75 Å². The van der Waals surface area contributed by atoms with E-state index in [0.29, 0.717) is 25.1 Å². The van der Waals surface area contributed by atoms with Gasteiger partial charge < -0.3 is 19.5 Å². The van der Waals surface area contributed by atoms with Gasteiger partial charge in [-0.05, 0) is 50.3 Å². The smallest absolute Gasteiger partial charge is 0.410 e. The molecule has 1 aromatic carbocycles. The Bertz CT molecular complexity index is 1210. The molecule has 9 nitrogen and oxygen atoms in total. The number of ether oxygens (including phenoxy) is 2. The molecule has 0 radical (unpaired) electrons. The van der Waals surface area contributed by atoms with Crippen LogP contribution in [0.3, 0.4) is 0 Å². The first-order chi connectivity index (χ1) is 17.3. The Hall–Kier alpha value is -3.88. The quantitative estimate of drug-likeness (QED) is 0.490. The number of aliphatic carboxylic acids is 1. The lowest BCUT2D eigenvalue weighted by atomic mass is 9.87. The highest BCUT2D eigenvalue weighted by Crippen LogP contribution is 2.31. The molecule has 2 atom stereocenters. The van der Waals surface area contributed by atoms with E-state index in [4.69, 9.17) is 14.5 Å². The van der Waals surface area contributed by atoms with Gasteiger partial charge in [0, 0.05) is 19.7 Å². The third-order valence-electron chi connectivity index (χ3n) is 6.55. The zero-order valence-electron chi connectivity index (χ0n) is 20.9. The van der Waals surface area contributed by atoms with E-state index in [9.17, 15) is 14.7 Å². The molecule has 0 spiro atoms. The highest BCUT2D eigenvalue weighted by Gasteiger charge is 2.28. The van der Waals surface area contributed by atoms with Crippen molar-refractivity contribution in [2.24, 2.45) is 13.0 Å². The van der Waals surface area contributed by atoms with Gasteiger partial charge in [-0.3, -0.25) is 9.48 Å². The molecular formula is C27H32N4O5. The fourth-order valence-corrected chi connectivity index (χ4v) is 4.46. The Balaban J connectivity index is 1.43. The van der Waals surface area contributed by atoms with Gasteiger partial charge in [-0.2, -0.15) is 5.10 Å². The van der Waals surface area contributed by atoms with E-state index in [1.807, 2.05) is 56.4 Å². The number of carbonyl (C=O) groups is 2. The zero-order valence-corrected chi connectivity index (χ0v) is 20.9. The van der Waals surface area contributed by atoms with Crippen molar-refractivity contribution in [3.63, 3.8) is 0 Å². The van der Waals surface area contributed by atoms with Crippen molar-refractivity contribution in [1.29, 1.82) is 0 Å². The van der Waals surface area contributed by atoms with Crippen LogP contribution in [-0.2, 0) is 29.7 Å². The Morgan fingerprint density at radius 1 is 1.17 bits per heavy atom. The maximum Gasteiger partial charge on any atom is 0.410 e. The minimum atomic E-state index is -0.758. The summed E-state index contributed by atoms with van der Waals surface area (Å²) in [5, 5.41) is 13.7. The zero-order chi connectivity index (χ0) is 25.7. The maximum atomic E-state index is 12.6. The molecular weight excluding hydrogens is 460 g/mol. The predicted molar refractivity (Wildman–Crippen MR) is 133 cm³/mol. The predicted octanol–water partition coefficient (Wildman–Crippen LogP) is 4.58. The van der Waals surface area contributed by atoms with Gasteiger partial charge in [-0.25, -0.2) is 9.78 Å². The number of rotatable bonds is 8. The number of hydrogen-bond donors (Lipinski definition) is 1. The van der Waals surface area contributed by atoms with Crippen LogP contribution in [0.25, 0.3) is 11.3 Å². The second-order valence-electron chi connectivity index (χ2n) is 9.25.